The van der Waals surface area contributed by atoms with Crippen LogP contribution in [0.25, 0.3) is 0 Å². The van der Waals surface area contributed by atoms with Crippen molar-refractivity contribution in [2.45, 2.75) is 70.9 Å². The van der Waals surface area contributed by atoms with E-state index in [0.29, 0.717) is 29.8 Å². The number of aromatic nitrogens is 1. The lowest BCUT2D eigenvalue weighted by molar-refractivity contribution is -0.181. The Kier molecular flexibility index (Phi) is 4.47. The van der Waals surface area contributed by atoms with Gasteiger partial charge in [-0.25, -0.2) is 0 Å². The second-order valence-corrected chi connectivity index (χ2v) is 9.06. The lowest BCUT2D eigenvalue weighted by atomic mass is 9.47. The molecular formula is C20H27N3O5. The molecule has 4 fully saturated rings. The highest BCUT2D eigenvalue weighted by molar-refractivity contribution is 5.94. The highest BCUT2D eigenvalue weighted by Crippen LogP contribution is 2.62. The molecular weight excluding hydrogens is 362 g/mol. The molecule has 152 valence electrons. The summed E-state index contributed by atoms with van der Waals surface area (Å²) in [6.07, 6.45) is 4.19. The molecule has 8 nitrogen and oxygen atoms in total. The molecule has 2 unspecified atom stereocenters. The van der Waals surface area contributed by atoms with Crippen LogP contribution in [-0.2, 0) is 19.1 Å². The van der Waals surface area contributed by atoms with Crippen molar-refractivity contribution in [2.24, 2.45) is 17.3 Å². The minimum absolute atomic E-state index is 0.0545. The number of ether oxygens (including phenoxy) is 1. The SMILES string of the molecule is CC(=O)NC12C[C@H]3C[C@@H](C1)CC(C(=O)O[C@@H](C)C(=O)Nc1cc(C)on1)(C3)C2. The van der Waals surface area contributed by atoms with Crippen LogP contribution < -0.4 is 10.6 Å². The quantitative estimate of drug-likeness (QED) is 0.748. The fourth-order valence-corrected chi connectivity index (χ4v) is 6.01. The van der Waals surface area contributed by atoms with Gasteiger partial charge in [0.05, 0.1) is 5.41 Å². The van der Waals surface area contributed by atoms with Crippen LogP contribution in [0.15, 0.2) is 10.6 Å². The molecule has 0 radical (unpaired) electrons. The zero-order valence-corrected chi connectivity index (χ0v) is 16.5. The number of hydrogen-bond donors (Lipinski definition) is 2. The Morgan fingerprint density at radius 2 is 1.93 bits per heavy atom. The number of hydrogen-bond acceptors (Lipinski definition) is 6. The van der Waals surface area contributed by atoms with E-state index in [4.69, 9.17) is 9.26 Å². The van der Waals surface area contributed by atoms with Crippen molar-refractivity contribution in [2.75, 3.05) is 5.32 Å². The molecule has 2 amide bonds. The Morgan fingerprint density at radius 1 is 1.25 bits per heavy atom. The molecule has 0 aliphatic heterocycles. The Morgan fingerprint density at radius 3 is 2.50 bits per heavy atom. The van der Waals surface area contributed by atoms with E-state index in [1.54, 1.807) is 19.9 Å². The van der Waals surface area contributed by atoms with Gasteiger partial charge in [-0.2, -0.15) is 0 Å². The highest BCUT2D eigenvalue weighted by Gasteiger charge is 2.61. The Hall–Kier alpha value is -2.38. The molecule has 4 aliphatic rings. The number of nitrogens with zero attached hydrogens (tertiary/aromatic N) is 1. The van der Waals surface area contributed by atoms with Crippen molar-refractivity contribution in [1.82, 2.24) is 10.5 Å². The van der Waals surface area contributed by atoms with E-state index in [-0.39, 0.29) is 17.4 Å². The molecule has 4 bridgehead atoms. The molecule has 1 heterocycles. The molecule has 1 aromatic heterocycles. The van der Waals surface area contributed by atoms with Crippen molar-refractivity contribution >= 4 is 23.6 Å². The minimum Gasteiger partial charge on any atom is -0.452 e. The summed E-state index contributed by atoms with van der Waals surface area (Å²) in [7, 11) is 0. The monoisotopic (exact) mass is 389 g/mol. The lowest BCUT2D eigenvalue weighted by Gasteiger charge is -2.60. The number of nitrogens with one attached hydrogen (secondary N) is 2. The van der Waals surface area contributed by atoms with Crippen LogP contribution in [0.2, 0.25) is 0 Å². The third-order valence-corrected chi connectivity index (χ3v) is 6.47. The number of anilines is 1. The van der Waals surface area contributed by atoms with Gasteiger partial charge in [-0.05, 0) is 64.2 Å². The molecule has 8 heteroatoms. The van der Waals surface area contributed by atoms with Crippen LogP contribution in [-0.4, -0.2) is 34.6 Å². The molecule has 28 heavy (non-hydrogen) atoms. The minimum atomic E-state index is -0.936. The molecule has 4 aliphatic carbocycles. The predicted molar refractivity (Wildman–Crippen MR) is 99.1 cm³/mol. The molecule has 5 rings (SSSR count). The zero-order valence-electron chi connectivity index (χ0n) is 16.5. The third kappa shape index (κ3) is 3.40. The second-order valence-electron chi connectivity index (χ2n) is 9.06. The highest BCUT2D eigenvalue weighted by atomic mass is 16.5. The summed E-state index contributed by atoms with van der Waals surface area (Å²) in [6, 6.07) is 1.60. The van der Waals surface area contributed by atoms with Crippen molar-refractivity contribution in [3.8, 4) is 0 Å². The number of carbonyl (C=O) groups is 3. The van der Waals surface area contributed by atoms with Gasteiger partial charge in [0, 0.05) is 18.5 Å². The average molecular weight is 389 g/mol. The van der Waals surface area contributed by atoms with E-state index in [2.05, 4.69) is 15.8 Å². The maximum absolute atomic E-state index is 13.1. The first-order valence-electron chi connectivity index (χ1n) is 9.93. The molecule has 0 aromatic carbocycles. The number of carbonyl (C=O) groups excluding carboxylic acids is 3. The number of amides is 2. The lowest BCUT2D eigenvalue weighted by Crippen LogP contribution is -2.65. The van der Waals surface area contributed by atoms with E-state index in [0.717, 1.165) is 32.1 Å². The van der Waals surface area contributed by atoms with Gasteiger partial charge in [-0.15, -0.1) is 0 Å². The molecule has 1 aromatic rings. The summed E-state index contributed by atoms with van der Waals surface area (Å²) < 4.78 is 10.5. The van der Waals surface area contributed by atoms with Crippen LogP contribution in [0.5, 0.6) is 0 Å². The molecule has 5 atom stereocenters. The maximum atomic E-state index is 13.1. The smallest absolute Gasteiger partial charge is 0.312 e. The molecule has 0 spiro atoms. The van der Waals surface area contributed by atoms with Gasteiger partial charge in [-0.1, -0.05) is 5.16 Å². The number of aryl methyl sites for hydroxylation is 1. The zero-order chi connectivity index (χ0) is 20.1. The number of rotatable bonds is 5. The first kappa shape index (κ1) is 19.0. The summed E-state index contributed by atoms with van der Waals surface area (Å²) in [6.45, 7) is 4.82. The number of esters is 1. The average Bonchev–Trinajstić information content (AvgIpc) is 2.97. The Bertz CT molecular complexity index is 803. The van der Waals surface area contributed by atoms with Gasteiger partial charge >= 0.3 is 5.97 Å². The largest absolute Gasteiger partial charge is 0.452 e. The fraction of sp³-hybridized carbons (Fsp3) is 0.700. The normalized spacial score (nSPS) is 34.0. The van der Waals surface area contributed by atoms with Crippen LogP contribution in [0, 0.1) is 24.2 Å². The second kappa shape index (κ2) is 6.60. The third-order valence-electron chi connectivity index (χ3n) is 6.47. The van der Waals surface area contributed by atoms with Crippen molar-refractivity contribution in [3.05, 3.63) is 11.8 Å². The van der Waals surface area contributed by atoms with E-state index >= 15 is 0 Å². The van der Waals surface area contributed by atoms with Gasteiger partial charge in [0.2, 0.25) is 5.91 Å². The van der Waals surface area contributed by atoms with Gasteiger partial charge in [-0.3, -0.25) is 14.4 Å². The standard InChI is InChI=1S/C20H27N3O5/c1-11-4-16(23-28-11)21-17(25)12(2)27-18(26)19-6-14-5-15(7-19)9-20(8-14,10-19)22-13(3)24/h4,12,14-15H,5-10H2,1-3H3,(H,22,24)(H,21,23,25)/t12-,14-,15+,19?,20?/m0/s1. The molecule has 0 saturated heterocycles. The van der Waals surface area contributed by atoms with E-state index in [1.165, 1.54) is 6.92 Å². The fourth-order valence-electron chi connectivity index (χ4n) is 6.01. The van der Waals surface area contributed by atoms with Crippen molar-refractivity contribution in [1.29, 1.82) is 0 Å². The van der Waals surface area contributed by atoms with Crippen molar-refractivity contribution in [3.63, 3.8) is 0 Å². The molecule has 2 N–H and O–H groups in total. The summed E-state index contributed by atoms with van der Waals surface area (Å²) >= 11 is 0. The predicted octanol–water partition coefficient (Wildman–Crippen LogP) is 2.33. The maximum Gasteiger partial charge on any atom is 0.312 e. The van der Waals surface area contributed by atoms with Crippen LogP contribution in [0.4, 0.5) is 5.82 Å². The van der Waals surface area contributed by atoms with Crippen molar-refractivity contribution < 1.29 is 23.6 Å². The van der Waals surface area contributed by atoms with E-state index in [9.17, 15) is 14.4 Å². The van der Waals surface area contributed by atoms with Crippen LogP contribution in [0.1, 0.15) is 58.1 Å². The van der Waals surface area contributed by atoms with Gasteiger partial charge in [0.25, 0.3) is 5.91 Å². The van der Waals surface area contributed by atoms with Gasteiger partial charge in [0.1, 0.15) is 5.76 Å². The Balaban J connectivity index is 1.45. The summed E-state index contributed by atoms with van der Waals surface area (Å²) in [5.74, 6) is 0.895. The topological polar surface area (TPSA) is 111 Å². The summed E-state index contributed by atoms with van der Waals surface area (Å²) in [5.41, 5.74) is -0.912. The van der Waals surface area contributed by atoms with Gasteiger partial charge < -0.3 is 19.9 Å². The van der Waals surface area contributed by atoms with Crippen LogP contribution in [0.3, 0.4) is 0 Å². The first-order valence-corrected chi connectivity index (χ1v) is 9.93. The summed E-state index contributed by atoms with van der Waals surface area (Å²) in [5, 5.41) is 9.45. The Labute approximate surface area is 163 Å². The first-order chi connectivity index (χ1) is 13.2. The van der Waals surface area contributed by atoms with E-state index in [1.807, 2.05) is 0 Å². The van der Waals surface area contributed by atoms with E-state index < -0.39 is 17.4 Å². The van der Waals surface area contributed by atoms with Gasteiger partial charge in [0.15, 0.2) is 11.9 Å². The van der Waals surface area contributed by atoms with Crippen LogP contribution >= 0.6 is 0 Å². The summed E-state index contributed by atoms with van der Waals surface area (Å²) in [4.78, 5) is 37.3. The molecule has 4 saturated carbocycles.